The van der Waals surface area contributed by atoms with E-state index in [0.717, 1.165) is 30.3 Å². The molecule has 4 nitrogen and oxygen atoms in total. The molecule has 4 N–H and O–H groups in total. The summed E-state index contributed by atoms with van der Waals surface area (Å²) in [5.41, 5.74) is 10.2. The number of halogens is 5. The van der Waals surface area contributed by atoms with Crippen molar-refractivity contribution in [3.63, 3.8) is 0 Å². The fourth-order valence-corrected chi connectivity index (χ4v) is 2.33. The predicted octanol–water partition coefficient (Wildman–Crippen LogP) is 5.73. The van der Waals surface area contributed by atoms with Crippen LogP contribution in [0.1, 0.15) is 5.56 Å². The molecule has 0 heterocycles. The Morgan fingerprint density at radius 1 is 0.643 bits per heavy atom. The lowest BCUT2D eigenvalue weighted by Gasteiger charge is -2.16. The highest BCUT2D eigenvalue weighted by atomic mass is 19.4. The second-order valence-electron chi connectivity index (χ2n) is 5.74. The normalized spacial score (nSPS) is 11.3. The number of alkyl halides is 3. The standard InChI is InChI=1S/C19H13F5N2O2/c20-14-5-1-10(25)7-17(14)27-12-3-4-13(19(22,23)24)16(9-12)28-18-8-11(26)2-6-15(18)21/h1-9H,25-26H2. The van der Waals surface area contributed by atoms with Gasteiger partial charge in [-0.1, -0.05) is 0 Å². The van der Waals surface area contributed by atoms with E-state index >= 15 is 0 Å². The summed E-state index contributed by atoms with van der Waals surface area (Å²) in [7, 11) is 0. The Morgan fingerprint density at radius 2 is 1.18 bits per heavy atom. The van der Waals surface area contributed by atoms with Gasteiger partial charge in [0, 0.05) is 29.6 Å². The Bertz CT molecular complexity index is 1020. The third-order valence-corrected chi connectivity index (χ3v) is 3.62. The average Bonchev–Trinajstić information content (AvgIpc) is 2.60. The Labute approximate surface area is 156 Å². The molecule has 0 saturated carbocycles. The number of ether oxygens (including phenoxy) is 2. The van der Waals surface area contributed by atoms with Gasteiger partial charge in [0.25, 0.3) is 0 Å². The predicted molar refractivity (Wildman–Crippen MR) is 93.2 cm³/mol. The largest absolute Gasteiger partial charge is 0.454 e. The van der Waals surface area contributed by atoms with Crippen LogP contribution in [0.3, 0.4) is 0 Å². The van der Waals surface area contributed by atoms with Crippen molar-refractivity contribution in [2.75, 3.05) is 11.5 Å². The van der Waals surface area contributed by atoms with E-state index in [1.165, 1.54) is 18.2 Å². The summed E-state index contributed by atoms with van der Waals surface area (Å²) < 4.78 is 77.9. The molecule has 0 aliphatic heterocycles. The van der Waals surface area contributed by atoms with Crippen LogP contribution in [-0.2, 0) is 6.18 Å². The van der Waals surface area contributed by atoms with Crippen LogP contribution in [0.2, 0.25) is 0 Å². The topological polar surface area (TPSA) is 70.5 Å². The lowest BCUT2D eigenvalue weighted by atomic mass is 10.1. The van der Waals surface area contributed by atoms with Crippen LogP contribution >= 0.6 is 0 Å². The van der Waals surface area contributed by atoms with Crippen LogP contribution in [0, 0.1) is 11.6 Å². The van der Waals surface area contributed by atoms with Crippen LogP contribution < -0.4 is 20.9 Å². The molecule has 0 saturated heterocycles. The van der Waals surface area contributed by atoms with E-state index in [9.17, 15) is 22.0 Å². The van der Waals surface area contributed by atoms with Gasteiger partial charge >= 0.3 is 6.18 Å². The third-order valence-electron chi connectivity index (χ3n) is 3.62. The van der Waals surface area contributed by atoms with Gasteiger partial charge in [0.1, 0.15) is 11.5 Å². The summed E-state index contributed by atoms with van der Waals surface area (Å²) >= 11 is 0. The molecule has 0 spiro atoms. The maximum absolute atomic E-state index is 13.9. The Kier molecular flexibility index (Phi) is 5.00. The van der Waals surface area contributed by atoms with Crippen molar-refractivity contribution < 1.29 is 31.4 Å². The van der Waals surface area contributed by atoms with Crippen molar-refractivity contribution in [1.82, 2.24) is 0 Å². The lowest BCUT2D eigenvalue weighted by Crippen LogP contribution is -2.07. The van der Waals surface area contributed by atoms with Crippen molar-refractivity contribution in [3.8, 4) is 23.0 Å². The van der Waals surface area contributed by atoms with Crippen molar-refractivity contribution >= 4 is 11.4 Å². The van der Waals surface area contributed by atoms with Crippen molar-refractivity contribution in [3.05, 3.63) is 71.8 Å². The first-order chi connectivity index (χ1) is 13.1. The van der Waals surface area contributed by atoms with Crippen LogP contribution in [0.4, 0.5) is 33.3 Å². The second kappa shape index (κ2) is 7.26. The molecule has 0 unspecified atom stereocenters. The maximum Gasteiger partial charge on any atom is 0.419 e. The summed E-state index contributed by atoms with van der Waals surface area (Å²) in [6, 6.07) is 9.28. The number of benzene rings is 3. The minimum absolute atomic E-state index is 0.0965. The van der Waals surface area contributed by atoms with Crippen molar-refractivity contribution in [2.45, 2.75) is 6.18 Å². The number of nitrogens with two attached hydrogens (primary N) is 2. The first kappa shape index (κ1) is 19.3. The molecule has 146 valence electrons. The summed E-state index contributed by atoms with van der Waals surface area (Å²) in [5, 5.41) is 0. The second-order valence-corrected chi connectivity index (χ2v) is 5.74. The number of rotatable bonds is 4. The average molecular weight is 396 g/mol. The molecular formula is C19H13F5N2O2. The van der Waals surface area contributed by atoms with E-state index in [0.29, 0.717) is 6.07 Å². The third kappa shape index (κ3) is 4.25. The first-order valence-corrected chi connectivity index (χ1v) is 7.80. The van der Waals surface area contributed by atoms with Gasteiger partial charge in [0.05, 0.1) is 5.56 Å². The van der Waals surface area contributed by atoms with E-state index < -0.39 is 34.9 Å². The van der Waals surface area contributed by atoms with E-state index in [2.05, 4.69) is 0 Å². The summed E-state index contributed by atoms with van der Waals surface area (Å²) in [4.78, 5) is 0. The molecule has 0 fully saturated rings. The Balaban J connectivity index is 2.02. The molecule has 3 rings (SSSR count). The van der Waals surface area contributed by atoms with Crippen molar-refractivity contribution in [1.29, 1.82) is 0 Å². The van der Waals surface area contributed by atoms with Gasteiger partial charge < -0.3 is 20.9 Å². The minimum atomic E-state index is -4.78. The van der Waals surface area contributed by atoms with Crippen LogP contribution in [0.5, 0.6) is 23.0 Å². The number of hydrogen-bond acceptors (Lipinski definition) is 4. The lowest BCUT2D eigenvalue weighted by molar-refractivity contribution is -0.138. The molecule has 0 bridgehead atoms. The number of anilines is 2. The smallest absolute Gasteiger partial charge is 0.419 e. The zero-order chi connectivity index (χ0) is 20.5. The van der Waals surface area contributed by atoms with Gasteiger partial charge in [-0.05, 0) is 36.4 Å². The molecule has 3 aromatic carbocycles. The van der Waals surface area contributed by atoms with Gasteiger partial charge in [-0.2, -0.15) is 13.2 Å². The summed E-state index contributed by atoms with van der Waals surface area (Å²) in [6.07, 6.45) is -4.78. The van der Waals surface area contributed by atoms with Gasteiger partial charge in [-0.3, -0.25) is 0 Å². The first-order valence-electron chi connectivity index (χ1n) is 7.80. The highest BCUT2D eigenvalue weighted by Crippen LogP contribution is 2.41. The highest BCUT2D eigenvalue weighted by molar-refractivity contribution is 5.51. The van der Waals surface area contributed by atoms with Gasteiger partial charge in [0.15, 0.2) is 23.1 Å². The van der Waals surface area contributed by atoms with Crippen molar-refractivity contribution in [2.24, 2.45) is 0 Å². The SMILES string of the molecule is Nc1ccc(F)c(Oc2ccc(C(F)(F)F)c(Oc3cc(N)ccc3F)c2)c1. The molecular weight excluding hydrogens is 383 g/mol. The Hall–Kier alpha value is -3.49. The monoisotopic (exact) mass is 396 g/mol. The molecule has 0 aliphatic rings. The summed E-state index contributed by atoms with van der Waals surface area (Å²) in [6.45, 7) is 0. The molecule has 3 aromatic rings. The zero-order valence-electron chi connectivity index (χ0n) is 14.1. The van der Waals surface area contributed by atoms with Gasteiger partial charge in [-0.25, -0.2) is 8.78 Å². The van der Waals surface area contributed by atoms with Gasteiger partial charge in [-0.15, -0.1) is 0 Å². The van der Waals surface area contributed by atoms with E-state index in [-0.39, 0.29) is 22.9 Å². The molecule has 0 amide bonds. The van der Waals surface area contributed by atoms with E-state index in [4.69, 9.17) is 20.9 Å². The molecule has 28 heavy (non-hydrogen) atoms. The molecule has 0 atom stereocenters. The van der Waals surface area contributed by atoms with Crippen LogP contribution in [0.15, 0.2) is 54.6 Å². The molecule has 9 heteroatoms. The molecule has 0 aliphatic carbocycles. The van der Waals surface area contributed by atoms with Crippen LogP contribution in [-0.4, -0.2) is 0 Å². The van der Waals surface area contributed by atoms with Gasteiger partial charge in [0.2, 0.25) is 0 Å². The fourth-order valence-electron chi connectivity index (χ4n) is 2.33. The quantitative estimate of drug-likeness (QED) is 0.436. The molecule has 0 radical (unpaired) electrons. The van der Waals surface area contributed by atoms with E-state index in [1.807, 2.05) is 0 Å². The maximum atomic E-state index is 13.9. The Morgan fingerprint density at radius 3 is 1.71 bits per heavy atom. The molecule has 0 aromatic heterocycles. The number of nitrogen functional groups attached to an aromatic ring is 2. The minimum Gasteiger partial charge on any atom is -0.454 e. The highest BCUT2D eigenvalue weighted by Gasteiger charge is 2.35. The summed E-state index contributed by atoms with van der Waals surface area (Å²) in [5.74, 6) is -3.37. The zero-order valence-corrected chi connectivity index (χ0v) is 14.1. The van der Waals surface area contributed by atoms with E-state index in [1.54, 1.807) is 0 Å². The fraction of sp³-hybridized carbons (Fsp3) is 0.0526. The number of hydrogen-bond donors (Lipinski definition) is 2. The van der Waals surface area contributed by atoms with Crippen LogP contribution in [0.25, 0.3) is 0 Å².